The predicted molar refractivity (Wildman–Crippen MR) is 75.2 cm³/mol. The molecular formula is C15H14N2O5. The summed E-state index contributed by atoms with van der Waals surface area (Å²) in [5.74, 6) is -1.09. The molecule has 0 aliphatic carbocycles. The third-order valence-corrected chi connectivity index (χ3v) is 3.37. The van der Waals surface area contributed by atoms with Gasteiger partial charge in [-0.3, -0.25) is 4.79 Å². The second-order valence-corrected chi connectivity index (χ2v) is 4.85. The fourth-order valence-electron chi connectivity index (χ4n) is 2.23. The molecule has 1 saturated heterocycles. The Balaban J connectivity index is 1.76. The topological polar surface area (TPSA) is 92.9 Å². The molecule has 22 heavy (non-hydrogen) atoms. The number of oxazole rings is 1. The maximum absolute atomic E-state index is 12.4. The van der Waals surface area contributed by atoms with Crippen molar-refractivity contribution in [3.63, 3.8) is 0 Å². The van der Waals surface area contributed by atoms with E-state index < -0.39 is 12.1 Å². The maximum Gasteiger partial charge on any atom is 0.334 e. The number of amides is 1. The first-order chi connectivity index (χ1) is 10.6. The Labute approximate surface area is 126 Å². The highest BCUT2D eigenvalue weighted by Crippen LogP contribution is 2.19. The number of ether oxygens (including phenoxy) is 1. The molecule has 0 spiro atoms. The lowest BCUT2D eigenvalue weighted by Gasteiger charge is -2.30. The maximum atomic E-state index is 12.4. The van der Waals surface area contributed by atoms with Gasteiger partial charge in [0.1, 0.15) is 6.26 Å². The summed E-state index contributed by atoms with van der Waals surface area (Å²) in [6.45, 7) is 0.518. The molecule has 7 heteroatoms. The van der Waals surface area contributed by atoms with Crippen molar-refractivity contribution in [2.75, 3.05) is 19.7 Å². The first-order valence-electron chi connectivity index (χ1n) is 6.80. The van der Waals surface area contributed by atoms with E-state index in [1.807, 2.05) is 30.3 Å². The van der Waals surface area contributed by atoms with Crippen molar-refractivity contribution in [3.05, 3.63) is 42.3 Å². The van der Waals surface area contributed by atoms with Crippen molar-refractivity contribution in [3.8, 4) is 11.5 Å². The number of nitrogens with zero attached hydrogens (tertiary/aromatic N) is 2. The van der Waals surface area contributed by atoms with Gasteiger partial charge in [0.2, 0.25) is 5.89 Å². The number of carboxylic acids is 1. The first kappa shape index (κ1) is 14.3. The standard InChI is InChI=1S/C15H14N2O5/c18-14(17-6-7-21-12(8-17)15(19)20)11-9-22-13(16-11)10-4-2-1-3-5-10/h1-5,9,12H,6-8H2,(H,19,20). The van der Waals surface area contributed by atoms with Gasteiger partial charge in [0.15, 0.2) is 11.8 Å². The van der Waals surface area contributed by atoms with E-state index in [9.17, 15) is 9.59 Å². The highest BCUT2D eigenvalue weighted by atomic mass is 16.5. The molecule has 7 nitrogen and oxygen atoms in total. The molecule has 1 unspecified atom stereocenters. The summed E-state index contributed by atoms with van der Waals surface area (Å²) in [7, 11) is 0. The number of carbonyl (C=O) groups is 2. The summed E-state index contributed by atoms with van der Waals surface area (Å²) in [5, 5.41) is 8.96. The van der Waals surface area contributed by atoms with Crippen molar-refractivity contribution >= 4 is 11.9 Å². The van der Waals surface area contributed by atoms with Crippen LogP contribution in [0.15, 0.2) is 41.0 Å². The Kier molecular flexibility index (Phi) is 3.88. The number of carboxylic acid groups (broad SMARTS) is 1. The molecule has 2 heterocycles. The van der Waals surface area contributed by atoms with Crippen LogP contribution in [0.4, 0.5) is 0 Å². The van der Waals surface area contributed by atoms with Crippen LogP contribution in [0.25, 0.3) is 11.5 Å². The van der Waals surface area contributed by atoms with Gasteiger partial charge in [-0.15, -0.1) is 0 Å². The zero-order chi connectivity index (χ0) is 15.5. The number of rotatable bonds is 3. The Morgan fingerprint density at radius 3 is 2.77 bits per heavy atom. The molecule has 1 aromatic heterocycles. The van der Waals surface area contributed by atoms with Crippen LogP contribution >= 0.6 is 0 Å². The minimum atomic E-state index is -1.08. The van der Waals surface area contributed by atoms with Crippen LogP contribution in [-0.2, 0) is 9.53 Å². The van der Waals surface area contributed by atoms with E-state index in [2.05, 4.69) is 4.98 Å². The lowest BCUT2D eigenvalue weighted by atomic mass is 10.2. The summed E-state index contributed by atoms with van der Waals surface area (Å²) >= 11 is 0. The van der Waals surface area contributed by atoms with Gasteiger partial charge in [0.05, 0.1) is 13.2 Å². The van der Waals surface area contributed by atoms with E-state index in [0.29, 0.717) is 12.4 Å². The number of aromatic nitrogens is 1. The minimum absolute atomic E-state index is 0.00168. The van der Waals surface area contributed by atoms with E-state index in [1.54, 1.807) is 0 Å². The lowest BCUT2D eigenvalue weighted by Crippen LogP contribution is -2.48. The molecule has 1 fully saturated rings. The minimum Gasteiger partial charge on any atom is -0.479 e. The summed E-state index contributed by atoms with van der Waals surface area (Å²) < 4.78 is 10.4. The van der Waals surface area contributed by atoms with Crippen LogP contribution in [0.3, 0.4) is 0 Å². The normalized spacial score (nSPS) is 18.2. The molecular weight excluding hydrogens is 288 g/mol. The molecule has 1 aromatic carbocycles. The molecule has 1 amide bonds. The van der Waals surface area contributed by atoms with Crippen molar-refractivity contribution in [1.82, 2.24) is 9.88 Å². The van der Waals surface area contributed by atoms with Gasteiger partial charge >= 0.3 is 5.97 Å². The summed E-state index contributed by atoms with van der Waals surface area (Å²) in [5.41, 5.74) is 0.928. The van der Waals surface area contributed by atoms with Crippen LogP contribution in [0.1, 0.15) is 10.5 Å². The zero-order valence-corrected chi connectivity index (χ0v) is 11.6. The molecule has 3 rings (SSSR count). The van der Waals surface area contributed by atoms with Gasteiger partial charge in [-0.25, -0.2) is 9.78 Å². The third-order valence-electron chi connectivity index (χ3n) is 3.37. The van der Waals surface area contributed by atoms with Crippen LogP contribution in [0, 0.1) is 0 Å². The summed E-state index contributed by atoms with van der Waals surface area (Å²) in [6.07, 6.45) is 0.286. The van der Waals surface area contributed by atoms with Crippen molar-refractivity contribution in [2.24, 2.45) is 0 Å². The smallest absolute Gasteiger partial charge is 0.334 e. The Hall–Kier alpha value is -2.67. The highest BCUT2D eigenvalue weighted by molar-refractivity contribution is 5.93. The molecule has 1 aliphatic heterocycles. The first-order valence-corrected chi connectivity index (χ1v) is 6.80. The number of aliphatic carboxylic acids is 1. The molecule has 1 N–H and O–H groups in total. The van der Waals surface area contributed by atoms with Crippen molar-refractivity contribution in [2.45, 2.75) is 6.10 Å². The van der Waals surface area contributed by atoms with Crippen molar-refractivity contribution in [1.29, 1.82) is 0 Å². The molecule has 114 valence electrons. The Morgan fingerprint density at radius 1 is 1.27 bits per heavy atom. The van der Waals surface area contributed by atoms with Crippen LogP contribution < -0.4 is 0 Å². The largest absolute Gasteiger partial charge is 0.479 e. The van der Waals surface area contributed by atoms with Gasteiger partial charge in [-0.2, -0.15) is 0 Å². The average molecular weight is 302 g/mol. The Morgan fingerprint density at radius 2 is 2.05 bits per heavy atom. The predicted octanol–water partition coefficient (Wildman–Crippen LogP) is 1.27. The zero-order valence-electron chi connectivity index (χ0n) is 11.6. The molecule has 0 saturated carbocycles. The third kappa shape index (κ3) is 2.84. The second-order valence-electron chi connectivity index (χ2n) is 4.85. The van der Waals surface area contributed by atoms with E-state index in [-0.39, 0.29) is 24.8 Å². The van der Waals surface area contributed by atoms with E-state index >= 15 is 0 Å². The summed E-state index contributed by atoms with van der Waals surface area (Å²) in [6, 6.07) is 9.23. The number of morpholine rings is 1. The van der Waals surface area contributed by atoms with Crippen LogP contribution in [-0.4, -0.2) is 52.7 Å². The van der Waals surface area contributed by atoms with Gasteiger partial charge in [-0.1, -0.05) is 18.2 Å². The number of benzene rings is 1. The summed E-state index contributed by atoms with van der Waals surface area (Å²) in [4.78, 5) is 28.9. The number of hydrogen-bond acceptors (Lipinski definition) is 5. The fourth-order valence-corrected chi connectivity index (χ4v) is 2.23. The average Bonchev–Trinajstić information content (AvgIpc) is 3.05. The van der Waals surface area contributed by atoms with Crippen LogP contribution in [0.2, 0.25) is 0 Å². The molecule has 0 bridgehead atoms. The van der Waals surface area contributed by atoms with E-state index in [1.165, 1.54) is 11.2 Å². The van der Waals surface area contributed by atoms with E-state index in [0.717, 1.165) is 5.56 Å². The van der Waals surface area contributed by atoms with Crippen LogP contribution in [0.5, 0.6) is 0 Å². The fraction of sp³-hybridized carbons (Fsp3) is 0.267. The Bertz CT molecular complexity index is 682. The molecule has 0 radical (unpaired) electrons. The monoisotopic (exact) mass is 302 g/mol. The molecule has 1 aliphatic rings. The molecule has 1 atom stereocenters. The van der Waals surface area contributed by atoms with Gasteiger partial charge in [-0.05, 0) is 12.1 Å². The van der Waals surface area contributed by atoms with Crippen molar-refractivity contribution < 1.29 is 23.8 Å². The van der Waals surface area contributed by atoms with Gasteiger partial charge in [0, 0.05) is 12.1 Å². The van der Waals surface area contributed by atoms with Gasteiger partial charge in [0.25, 0.3) is 5.91 Å². The SMILES string of the molecule is O=C(O)C1CN(C(=O)c2coc(-c3ccccc3)n2)CCO1. The van der Waals surface area contributed by atoms with E-state index in [4.69, 9.17) is 14.3 Å². The highest BCUT2D eigenvalue weighted by Gasteiger charge is 2.30. The number of hydrogen-bond donors (Lipinski definition) is 1. The quantitative estimate of drug-likeness (QED) is 0.917. The number of carbonyl (C=O) groups excluding carboxylic acids is 1. The lowest BCUT2D eigenvalue weighted by molar-refractivity contribution is -0.154. The van der Waals surface area contributed by atoms with Gasteiger partial charge < -0.3 is 19.2 Å². The molecule has 2 aromatic rings. The second kappa shape index (κ2) is 5.98.